The summed E-state index contributed by atoms with van der Waals surface area (Å²) in [6.45, 7) is 7.73. The second kappa shape index (κ2) is 10.8. The number of likely N-dealkylation sites (tertiary alicyclic amines) is 2. The Morgan fingerprint density at radius 2 is 1.52 bits per heavy atom. The van der Waals surface area contributed by atoms with Gasteiger partial charge in [0.25, 0.3) is 0 Å². The number of carboxylic acids is 1. The minimum atomic E-state index is -1.46. The van der Waals surface area contributed by atoms with E-state index in [1.54, 1.807) is 20.8 Å². The molecule has 2 aromatic carbocycles. The number of carbonyl (C=O) groups excluding carboxylic acids is 2. The van der Waals surface area contributed by atoms with Crippen molar-refractivity contribution >= 4 is 18.2 Å². The van der Waals surface area contributed by atoms with Gasteiger partial charge in [-0.15, -0.1) is 0 Å². The molecule has 9 heteroatoms. The van der Waals surface area contributed by atoms with Gasteiger partial charge in [-0.3, -0.25) is 4.90 Å². The number of nitrogens with zero attached hydrogens (tertiary/aromatic N) is 3. The summed E-state index contributed by atoms with van der Waals surface area (Å²) in [5, 5.41) is 10.5. The number of hydrogen-bond donors (Lipinski definition) is 1. The summed E-state index contributed by atoms with van der Waals surface area (Å²) in [5.74, 6) is -1.04. The van der Waals surface area contributed by atoms with Crippen molar-refractivity contribution in [3.8, 4) is 11.1 Å². The lowest BCUT2D eigenvalue weighted by molar-refractivity contribution is -0.155. The highest BCUT2D eigenvalue weighted by molar-refractivity contribution is 5.85. The molecule has 0 aromatic heterocycles. The third-order valence-corrected chi connectivity index (χ3v) is 8.29. The number of carboxylic acid groups (broad SMARTS) is 1. The first-order chi connectivity index (χ1) is 19.0. The van der Waals surface area contributed by atoms with Crippen LogP contribution in [0.4, 0.5) is 9.59 Å². The number of rotatable bonds is 6. The highest BCUT2D eigenvalue weighted by Crippen LogP contribution is 2.44. The first kappa shape index (κ1) is 28.0. The zero-order chi connectivity index (χ0) is 28.7. The largest absolute Gasteiger partial charge is 0.479 e. The van der Waals surface area contributed by atoms with E-state index in [1.807, 2.05) is 31.3 Å². The van der Waals surface area contributed by atoms with Crippen molar-refractivity contribution < 1.29 is 29.0 Å². The molecular weight excluding hydrogens is 510 g/mol. The first-order valence-electron chi connectivity index (χ1n) is 14.0. The predicted molar refractivity (Wildman–Crippen MR) is 150 cm³/mol. The van der Waals surface area contributed by atoms with Crippen molar-refractivity contribution in [3.05, 3.63) is 59.7 Å². The Morgan fingerprint density at radius 1 is 0.975 bits per heavy atom. The van der Waals surface area contributed by atoms with Crippen LogP contribution in [0.3, 0.4) is 0 Å². The Bertz CT molecular complexity index is 1230. The van der Waals surface area contributed by atoms with E-state index in [0.29, 0.717) is 6.54 Å². The summed E-state index contributed by atoms with van der Waals surface area (Å²) >= 11 is 0. The molecule has 40 heavy (non-hydrogen) atoms. The molecular formula is C31H39N3O6. The van der Waals surface area contributed by atoms with Crippen LogP contribution in [0.2, 0.25) is 0 Å². The lowest BCUT2D eigenvalue weighted by Gasteiger charge is -2.48. The Balaban J connectivity index is 1.35. The quantitative estimate of drug-likeness (QED) is 0.560. The molecule has 2 amide bonds. The van der Waals surface area contributed by atoms with Gasteiger partial charge < -0.3 is 24.4 Å². The summed E-state index contributed by atoms with van der Waals surface area (Å²) in [6, 6.07) is 16.2. The maximum absolute atomic E-state index is 13.8. The van der Waals surface area contributed by atoms with Gasteiger partial charge in [-0.25, -0.2) is 14.4 Å². The zero-order valence-electron chi connectivity index (χ0n) is 23.8. The van der Waals surface area contributed by atoms with E-state index in [2.05, 4.69) is 29.2 Å². The Labute approximate surface area is 235 Å². The summed E-state index contributed by atoms with van der Waals surface area (Å²) in [7, 11) is 2.00. The summed E-state index contributed by atoms with van der Waals surface area (Å²) in [4.78, 5) is 44.5. The van der Waals surface area contributed by atoms with E-state index in [0.717, 1.165) is 35.3 Å². The summed E-state index contributed by atoms with van der Waals surface area (Å²) < 4.78 is 11.5. The van der Waals surface area contributed by atoms with Gasteiger partial charge in [0.1, 0.15) is 17.7 Å². The SMILES string of the molecule is CN1CC(CN(C(=O)OCC2c3ccccc3-c3ccccc32)C2(C(=O)O)CCN(C(=O)OC(C)(C)C)CC2)C1. The van der Waals surface area contributed by atoms with E-state index in [4.69, 9.17) is 9.47 Å². The van der Waals surface area contributed by atoms with Crippen molar-refractivity contribution in [1.82, 2.24) is 14.7 Å². The van der Waals surface area contributed by atoms with Crippen LogP contribution in [0.15, 0.2) is 48.5 Å². The Hall–Kier alpha value is -3.59. The van der Waals surface area contributed by atoms with Crippen LogP contribution in [-0.4, -0.2) is 95.5 Å². The van der Waals surface area contributed by atoms with E-state index in [-0.39, 0.29) is 44.4 Å². The monoisotopic (exact) mass is 549 g/mol. The van der Waals surface area contributed by atoms with Crippen LogP contribution >= 0.6 is 0 Å². The van der Waals surface area contributed by atoms with Crippen molar-refractivity contribution in [3.63, 3.8) is 0 Å². The second-order valence-corrected chi connectivity index (χ2v) is 12.3. The molecule has 0 atom stereocenters. The molecule has 2 heterocycles. The van der Waals surface area contributed by atoms with E-state index in [1.165, 1.54) is 9.80 Å². The van der Waals surface area contributed by atoms with E-state index in [9.17, 15) is 19.5 Å². The van der Waals surface area contributed by atoms with Gasteiger partial charge in [-0.2, -0.15) is 0 Å². The van der Waals surface area contributed by atoms with Crippen LogP contribution < -0.4 is 0 Å². The molecule has 2 fully saturated rings. The van der Waals surface area contributed by atoms with Crippen LogP contribution in [-0.2, 0) is 14.3 Å². The maximum Gasteiger partial charge on any atom is 0.410 e. The number of aliphatic carboxylic acids is 1. The fourth-order valence-electron chi connectivity index (χ4n) is 6.28. The topological polar surface area (TPSA) is 99.6 Å². The molecule has 1 N–H and O–H groups in total. The normalized spacial score (nSPS) is 18.9. The molecule has 9 nitrogen and oxygen atoms in total. The van der Waals surface area contributed by atoms with E-state index < -0.39 is 29.3 Å². The van der Waals surface area contributed by atoms with Gasteiger partial charge >= 0.3 is 18.2 Å². The molecule has 0 radical (unpaired) electrons. The molecule has 214 valence electrons. The standard InChI is InChI=1S/C31H39N3O6/c1-30(2,3)40-28(37)33-15-13-31(14-16-33,27(35)36)34(19-21-17-32(4)18-21)29(38)39-20-26-24-11-7-5-9-22(24)23-10-6-8-12-25(23)26/h5-12,21,26H,13-20H2,1-4H3,(H,35,36). The first-order valence-corrected chi connectivity index (χ1v) is 14.0. The zero-order valence-corrected chi connectivity index (χ0v) is 23.8. The number of carbonyl (C=O) groups is 3. The molecule has 5 rings (SSSR count). The van der Waals surface area contributed by atoms with Gasteiger partial charge in [0, 0.05) is 44.6 Å². The molecule has 2 saturated heterocycles. The second-order valence-electron chi connectivity index (χ2n) is 12.3. The lowest BCUT2D eigenvalue weighted by Crippen LogP contribution is -2.65. The molecule has 0 unspecified atom stereocenters. The van der Waals surface area contributed by atoms with Crippen molar-refractivity contribution in [2.45, 2.75) is 50.7 Å². The Morgan fingerprint density at radius 3 is 2.02 bits per heavy atom. The number of fused-ring (bicyclic) bond motifs is 3. The molecule has 1 aliphatic carbocycles. The maximum atomic E-state index is 13.8. The van der Waals surface area contributed by atoms with Gasteiger partial charge in [0.2, 0.25) is 0 Å². The van der Waals surface area contributed by atoms with Crippen LogP contribution in [0.1, 0.15) is 50.7 Å². The molecule has 0 spiro atoms. The number of hydrogen-bond acceptors (Lipinski definition) is 6. The number of benzene rings is 2. The number of piperidine rings is 1. The minimum Gasteiger partial charge on any atom is -0.479 e. The van der Waals surface area contributed by atoms with Gasteiger partial charge in [0.05, 0.1) is 0 Å². The lowest BCUT2D eigenvalue weighted by atomic mass is 9.84. The Kier molecular flexibility index (Phi) is 7.52. The fourth-order valence-corrected chi connectivity index (χ4v) is 6.28. The summed E-state index contributed by atoms with van der Waals surface area (Å²) in [6.07, 6.45) is -0.882. The smallest absolute Gasteiger partial charge is 0.410 e. The highest BCUT2D eigenvalue weighted by Gasteiger charge is 2.51. The molecule has 0 bridgehead atoms. The summed E-state index contributed by atoms with van der Waals surface area (Å²) in [5.41, 5.74) is 2.34. The van der Waals surface area contributed by atoms with Gasteiger partial charge in [-0.05, 0) is 62.9 Å². The number of amides is 2. The fraction of sp³-hybridized carbons (Fsp3) is 0.516. The van der Waals surface area contributed by atoms with Crippen LogP contribution in [0, 0.1) is 5.92 Å². The van der Waals surface area contributed by atoms with Crippen molar-refractivity contribution in [1.29, 1.82) is 0 Å². The van der Waals surface area contributed by atoms with Crippen LogP contribution in [0.5, 0.6) is 0 Å². The third kappa shape index (κ3) is 5.39. The molecule has 3 aliphatic rings. The third-order valence-electron chi connectivity index (χ3n) is 8.29. The number of ether oxygens (including phenoxy) is 2. The van der Waals surface area contributed by atoms with Gasteiger partial charge in [0.15, 0.2) is 0 Å². The molecule has 2 aliphatic heterocycles. The minimum absolute atomic E-state index is 0.105. The van der Waals surface area contributed by atoms with Crippen LogP contribution in [0.25, 0.3) is 11.1 Å². The molecule has 0 saturated carbocycles. The average molecular weight is 550 g/mol. The molecule has 2 aromatic rings. The average Bonchev–Trinajstić information content (AvgIpc) is 3.21. The highest BCUT2D eigenvalue weighted by atomic mass is 16.6. The predicted octanol–water partition coefficient (Wildman–Crippen LogP) is 4.65. The van der Waals surface area contributed by atoms with Crippen molar-refractivity contribution in [2.75, 3.05) is 46.4 Å². The van der Waals surface area contributed by atoms with Crippen molar-refractivity contribution in [2.24, 2.45) is 5.92 Å². The van der Waals surface area contributed by atoms with E-state index >= 15 is 0 Å². The van der Waals surface area contributed by atoms with Gasteiger partial charge in [-0.1, -0.05) is 48.5 Å².